The minimum Gasteiger partial charge on any atom is -0.504 e. The van der Waals surface area contributed by atoms with E-state index in [1.807, 2.05) is 0 Å². The zero-order valence-corrected chi connectivity index (χ0v) is 14.1. The average Bonchev–Trinajstić information content (AvgIpc) is 2.93. The Morgan fingerprint density at radius 2 is 1.93 bits per heavy atom. The van der Waals surface area contributed by atoms with Gasteiger partial charge in [0.25, 0.3) is 5.76 Å². The third-order valence-electron chi connectivity index (χ3n) is 3.55. The first-order valence-electron chi connectivity index (χ1n) is 7.19. The SMILES string of the molecule is COC(=O)c1oc2ccc(Oc3c(F)cc(C(F)(F)F)cc3Cl)cc2c1O. The molecule has 3 rings (SSSR count). The Morgan fingerprint density at radius 1 is 1.22 bits per heavy atom. The molecule has 0 aliphatic rings. The average molecular weight is 405 g/mol. The van der Waals surface area contributed by atoms with Crippen LogP contribution >= 0.6 is 11.6 Å². The highest BCUT2D eigenvalue weighted by molar-refractivity contribution is 6.32. The fraction of sp³-hybridized carbons (Fsp3) is 0.118. The van der Waals surface area contributed by atoms with E-state index < -0.39 is 45.8 Å². The zero-order chi connectivity index (χ0) is 19.9. The second kappa shape index (κ2) is 6.66. The first kappa shape index (κ1) is 18.8. The van der Waals surface area contributed by atoms with Crippen LogP contribution < -0.4 is 4.74 Å². The van der Waals surface area contributed by atoms with Gasteiger partial charge in [0.05, 0.1) is 23.1 Å². The maximum Gasteiger partial charge on any atom is 0.416 e. The quantitative estimate of drug-likeness (QED) is 0.459. The number of benzene rings is 2. The van der Waals surface area contributed by atoms with E-state index in [-0.39, 0.29) is 22.8 Å². The number of methoxy groups -OCH3 is 1. The number of fused-ring (bicyclic) bond motifs is 1. The maximum atomic E-state index is 14.0. The summed E-state index contributed by atoms with van der Waals surface area (Å²) in [5.74, 6) is -3.88. The molecule has 0 amide bonds. The number of hydrogen-bond donors (Lipinski definition) is 1. The molecule has 1 aromatic heterocycles. The zero-order valence-electron chi connectivity index (χ0n) is 13.4. The lowest BCUT2D eigenvalue weighted by molar-refractivity contribution is -0.137. The van der Waals surface area contributed by atoms with Gasteiger partial charge in [-0.25, -0.2) is 9.18 Å². The number of halogens is 5. The molecule has 0 radical (unpaired) electrons. The van der Waals surface area contributed by atoms with Crippen LogP contribution in [-0.2, 0) is 10.9 Å². The van der Waals surface area contributed by atoms with Crippen molar-refractivity contribution in [3.8, 4) is 17.2 Å². The summed E-state index contributed by atoms with van der Waals surface area (Å²) >= 11 is 5.71. The first-order chi connectivity index (χ1) is 12.6. The lowest BCUT2D eigenvalue weighted by atomic mass is 10.2. The normalized spacial score (nSPS) is 11.6. The molecule has 0 saturated carbocycles. The molecule has 0 aliphatic carbocycles. The summed E-state index contributed by atoms with van der Waals surface area (Å²) < 4.78 is 66.9. The molecule has 1 N–H and O–H groups in total. The number of esters is 1. The van der Waals surface area contributed by atoms with E-state index in [4.69, 9.17) is 20.8 Å². The van der Waals surface area contributed by atoms with Crippen molar-refractivity contribution in [1.82, 2.24) is 0 Å². The Balaban J connectivity index is 2.00. The molecule has 2 aromatic carbocycles. The molecule has 0 fully saturated rings. The van der Waals surface area contributed by atoms with Crippen molar-refractivity contribution in [2.24, 2.45) is 0 Å². The monoisotopic (exact) mass is 404 g/mol. The first-order valence-corrected chi connectivity index (χ1v) is 7.57. The number of carbonyl (C=O) groups is 1. The largest absolute Gasteiger partial charge is 0.504 e. The van der Waals surface area contributed by atoms with E-state index in [0.717, 1.165) is 7.11 Å². The Labute approximate surface area is 153 Å². The molecule has 0 unspecified atom stereocenters. The van der Waals surface area contributed by atoms with Crippen molar-refractivity contribution < 1.29 is 41.4 Å². The molecule has 10 heteroatoms. The highest BCUT2D eigenvalue weighted by atomic mass is 35.5. The Bertz CT molecular complexity index is 1020. The number of carbonyl (C=O) groups excluding carboxylic acids is 1. The lowest BCUT2D eigenvalue weighted by Crippen LogP contribution is -2.06. The maximum absolute atomic E-state index is 14.0. The van der Waals surface area contributed by atoms with Gasteiger partial charge in [-0.15, -0.1) is 0 Å². The smallest absolute Gasteiger partial charge is 0.416 e. The van der Waals surface area contributed by atoms with E-state index >= 15 is 0 Å². The van der Waals surface area contributed by atoms with Crippen molar-refractivity contribution in [3.05, 3.63) is 52.5 Å². The van der Waals surface area contributed by atoms with Gasteiger partial charge in [-0.3, -0.25) is 0 Å². The van der Waals surface area contributed by atoms with Crippen LogP contribution in [0.4, 0.5) is 17.6 Å². The summed E-state index contributed by atoms with van der Waals surface area (Å²) in [6, 6.07) is 4.59. The fourth-order valence-electron chi connectivity index (χ4n) is 2.30. The van der Waals surface area contributed by atoms with Gasteiger partial charge in [0.15, 0.2) is 17.3 Å². The third kappa shape index (κ3) is 3.50. The molecule has 142 valence electrons. The minimum atomic E-state index is -4.77. The topological polar surface area (TPSA) is 68.9 Å². The molecule has 5 nitrogen and oxygen atoms in total. The molecule has 27 heavy (non-hydrogen) atoms. The van der Waals surface area contributed by atoms with Gasteiger partial charge in [-0.05, 0) is 30.3 Å². The summed E-state index contributed by atoms with van der Waals surface area (Å²) in [6.07, 6.45) is -4.77. The number of ether oxygens (including phenoxy) is 2. The van der Waals surface area contributed by atoms with E-state index in [1.165, 1.54) is 18.2 Å². The Hall–Kier alpha value is -2.94. The molecule has 0 bridgehead atoms. The number of alkyl halides is 3. The van der Waals surface area contributed by atoms with E-state index in [9.17, 15) is 27.5 Å². The molecule has 0 spiro atoms. The van der Waals surface area contributed by atoms with E-state index in [2.05, 4.69) is 4.74 Å². The van der Waals surface area contributed by atoms with Crippen LogP contribution in [0.3, 0.4) is 0 Å². The molecule has 0 saturated heterocycles. The fourth-order valence-corrected chi connectivity index (χ4v) is 2.54. The number of rotatable bonds is 3. The summed E-state index contributed by atoms with van der Waals surface area (Å²) in [5.41, 5.74) is -1.15. The lowest BCUT2D eigenvalue weighted by Gasteiger charge is -2.12. The second-order valence-electron chi connectivity index (χ2n) is 5.30. The van der Waals surface area contributed by atoms with Crippen molar-refractivity contribution >= 4 is 28.5 Å². The highest BCUT2D eigenvalue weighted by Gasteiger charge is 2.32. The van der Waals surface area contributed by atoms with Crippen LogP contribution in [0.1, 0.15) is 16.1 Å². The predicted molar refractivity (Wildman–Crippen MR) is 85.7 cm³/mol. The van der Waals surface area contributed by atoms with E-state index in [1.54, 1.807) is 0 Å². The molecular weight excluding hydrogens is 396 g/mol. The van der Waals surface area contributed by atoms with Gasteiger partial charge >= 0.3 is 12.1 Å². The van der Waals surface area contributed by atoms with Crippen LogP contribution in [0.25, 0.3) is 11.0 Å². The summed E-state index contributed by atoms with van der Waals surface area (Å²) in [6.45, 7) is 0. The van der Waals surface area contributed by atoms with Crippen LogP contribution in [-0.4, -0.2) is 18.2 Å². The molecular formula is C17H9ClF4O5. The minimum absolute atomic E-state index is 0.0522. The van der Waals surface area contributed by atoms with Gasteiger partial charge in [-0.2, -0.15) is 13.2 Å². The van der Waals surface area contributed by atoms with E-state index in [0.29, 0.717) is 6.07 Å². The summed E-state index contributed by atoms with van der Waals surface area (Å²) in [4.78, 5) is 11.5. The van der Waals surface area contributed by atoms with Crippen LogP contribution in [0.2, 0.25) is 5.02 Å². The number of furan rings is 1. The summed E-state index contributed by atoms with van der Waals surface area (Å²) in [7, 11) is 1.10. The van der Waals surface area contributed by atoms with Crippen LogP contribution in [0.5, 0.6) is 17.2 Å². The molecule has 0 aliphatic heterocycles. The van der Waals surface area contributed by atoms with Crippen molar-refractivity contribution in [2.75, 3.05) is 7.11 Å². The molecule has 3 aromatic rings. The standard InChI is InChI=1S/C17H9ClF4O5/c1-25-16(24)15-13(23)9-6-8(2-3-12(9)27-15)26-14-10(18)4-7(5-11(14)19)17(20,21)22/h2-6,23H,1H3. The van der Waals surface area contributed by atoms with Crippen LogP contribution in [0, 0.1) is 5.82 Å². The predicted octanol–water partition coefficient (Wildman–Crippen LogP) is 5.53. The second-order valence-corrected chi connectivity index (χ2v) is 5.71. The number of hydrogen-bond acceptors (Lipinski definition) is 5. The van der Waals surface area contributed by atoms with Crippen LogP contribution in [0.15, 0.2) is 34.7 Å². The highest BCUT2D eigenvalue weighted by Crippen LogP contribution is 2.40. The summed E-state index contributed by atoms with van der Waals surface area (Å²) in [5, 5.41) is 9.50. The Kier molecular flexibility index (Phi) is 4.64. The van der Waals surface area contributed by atoms with Crippen molar-refractivity contribution in [3.63, 3.8) is 0 Å². The van der Waals surface area contributed by atoms with Crippen molar-refractivity contribution in [2.45, 2.75) is 6.18 Å². The Morgan fingerprint density at radius 3 is 2.52 bits per heavy atom. The molecule has 0 atom stereocenters. The molecule has 1 heterocycles. The van der Waals surface area contributed by atoms with Gasteiger partial charge in [0, 0.05) is 0 Å². The van der Waals surface area contributed by atoms with Gasteiger partial charge in [0.1, 0.15) is 11.3 Å². The van der Waals surface area contributed by atoms with Gasteiger partial charge < -0.3 is 19.0 Å². The van der Waals surface area contributed by atoms with Crippen molar-refractivity contribution in [1.29, 1.82) is 0 Å². The van der Waals surface area contributed by atoms with Gasteiger partial charge in [0.2, 0.25) is 0 Å². The number of aromatic hydroxyl groups is 1. The third-order valence-corrected chi connectivity index (χ3v) is 3.83. The van der Waals surface area contributed by atoms with Gasteiger partial charge in [-0.1, -0.05) is 11.6 Å².